The summed E-state index contributed by atoms with van der Waals surface area (Å²) in [5, 5.41) is 9.46. The molecular formula is C9H7Cl2NS. The first-order chi connectivity index (χ1) is 6.24. The summed E-state index contributed by atoms with van der Waals surface area (Å²) in [6.07, 6.45) is 0. The van der Waals surface area contributed by atoms with E-state index < -0.39 is 0 Å². The molecule has 1 aromatic rings. The molecule has 0 spiro atoms. The van der Waals surface area contributed by atoms with Crippen LogP contribution in [0.4, 0.5) is 0 Å². The van der Waals surface area contributed by atoms with E-state index in [1.807, 2.05) is 12.1 Å². The van der Waals surface area contributed by atoms with Crippen molar-refractivity contribution in [1.29, 1.82) is 5.26 Å². The summed E-state index contributed by atoms with van der Waals surface area (Å²) in [5.41, 5.74) is 1.09. The van der Waals surface area contributed by atoms with E-state index in [1.54, 1.807) is 17.8 Å². The Balaban J connectivity index is 2.59. The number of thioether (sulfide) groups is 1. The zero-order valence-corrected chi connectivity index (χ0v) is 9.09. The van der Waals surface area contributed by atoms with Crippen LogP contribution in [0.3, 0.4) is 0 Å². The Morgan fingerprint density at radius 2 is 2.08 bits per heavy atom. The SMILES string of the molecule is N#CCSCc1ccc(Cl)c(Cl)c1. The van der Waals surface area contributed by atoms with Crippen LogP contribution in [0.15, 0.2) is 18.2 Å². The molecule has 0 unspecified atom stereocenters. The molecule has 0 atom stereocenters. The third kappa shape index (κ3) is 3.48. The molecular weight excluding hydrogens is 225 g/mol. The molecule has 0 amide bonds. The van der Waals surface area contributed by atoms with Crippen molar-refractivity contribution in [1.82, 2.24) is 0 Å². The largest absolute Gasteiger partial charge is 0.197 e. The van der Waals surface area contributed by atoms with Crippen molar-refractivity contribution >= 4 is 35.0 Å². The highest BCUT2D eigenvalue weighted by Crippen LogP contribution is 2.24. The van der Waals surface area contributed by atoms with Crippen molar-refractivity contribution in [3.8, 4) is 6.07 Å². The lowest BCUT2D eigenvalue weighted by molar-refractivity contribution is 1.41. The first-order valence-corrected chi connectivity index (χ1v) is 5.53. The number of nitriles is 1. The molecule has 0 aliphatic rings. The van der Waals surface area contributed by atoms with Gasteiger partial charge in [-0.1, -0.05) is 29.3 Å². The van der Waals surface area contributed by atoms with Crippen molar-refractivity contribution in [3.05, 3.63) is 33.8 Å². The molecule has 1 aromatic carbocycles. The molecule has 0 saturated carbocycles. The van der Waals surface area contributed by atoms with Crippen LogP contribution in [-0.4, -0.2) is 5.75 Å². The van der Waals surface area contributed by atoms with E-state index in [0.29, 0.717) is 15.8 Å². The average molecular weight is 232 g/mol. The quantitative estimate of drug-likeness (QED) is 0.741. The Bertz CT molecular complexity index is 333. The van der Waals surface area contributed by atoms with Gasteiger partial charge in [-0.2, -0.15) is 5.26 Å². The summed E-state index contributed by atoms with van der Waals surface area (Å²) in [4.78, 5) is 0. The summed E-state index contributed by atoms with van der Waals surface area (Å²) >= 11 is 13.1. The van der Waals surface area contributed by atoms with Gasteiger partial charge in [0.25, 0.3) is 0 Å². The van der Waals surface area contributed by atoms with Crippen molar-refractivity contribution in [3.63, 3.8) is 0 Å². The van der Waals surface area contributed by atoms with Crippen LogP contribution >= 0.6 is 35.0 Å². The van der Waals surface area contributed by atoms with E-state index in [-0.39, 0.29) is 0 Å². The first-order valence-electron chi connectivity index (χ1n) is 3.62. The molecule has 0 heterocycles. The van der Waals surface area contributed by atoms with Gasteiger partial charge in [-0.05, 0) is 17.7 Å². The molecule has 0 bridgehead atoms. The molecule has 68 valence electrons. The van der Waals surface area contributed by atoms with Gasteiger partial charge in [-0.15, -0.1) is 11.8 Å². The van der Waals surface area contributed by atoms with Crippen molar-refractivity contribution in [2.24, 2.45) is 0 Å². The predicted molar refractivity (Wildman–Crippen MR) is 58.2 cm³/mol. The lowest BCUT2D eigenvalue weighted by Gasteiger charge is -2.00. The summed E-state index contributed by atoms with van der Waals surface area (Å²) in [7, 11) is 0. The van der Waals surface area contributed by atoms with Crippen LogP contribution in [0.5, 0.6) is 0 Å². The summed E-state index contributed by atoms with van der Waals surface area (Å²) < 4.78 is 0. The Kier molecular flexibility index (Phi) is 4.44. The van der Waals surface area contributed by atoms with Crippen LogP contribution in [0.25, 0.3) is 0 Å². The second-order valence-corrected chi connectivity index (χ2v) is 4.20. The maximum atomic E-state index is 8.32. The highest BCUT2D eigenvalue weighted by Gasteiger charge is 1.98. The topological polar surface area (TPSA) is 23.8 Å². The lowest BCUT2D eigenvalue weighted by Crippen LogP contribution is -1.81. The Morgan fingerprint density at radius 1 is 1.31 bits per heavy atom. The number of benzene rings is 1. The number of nitrogens with zero attached hydrogens (tertiary/aromatic N) is 1. The predicted octanol–water partition coefficient (Wildman–Crippen LogP) is 3.75. The second kappa shape index (κ2) is 5.39. The molecule has 1 nitrogen and oxygen atoms in total. The smallest absolute Gasteiger partial charge is 0.0811 e. The molecule has 1 rings (SSSR count). The number of hydrogen-bond donors (Lipinski definition) is 0. The van der Waals surface area contributed by atoms with E-state index in [0.717, 1.165) is 11.3 Å². The summed E-state index contributed by atoms with van der Waals surface area (Å²) in [6, 6.07) is 7.58. The molecule has 13 heavy (non-hydrogen) atoms. The van der Waals surface area contributed by atoms with Crippen LogP contribution in [0.2, 0.25) is 10.0 Å². The maximum Gasteiger partial charge on any atom is 0.0811 e. The molecule has 0 radical (unpaired) electrons. The van der Waals surface area contributed by atoms with Crippen molar-refractivity contribution in [2.75, 3.05) is 5.75 Å². The fraction of sp³-hybridized carbons (Fsp3) is 0.222. The molecule has 0 aromatic heterocycles. The minimum atomic E-state index is 0.500. The average Bonchev–Trinajstić information content (AvgIpc) is 2.12. The second-order valence-electron chi connectivity index (χ2n) is 2.40. The standard InChI is InChI=1S/C9H7Cl2NS/c10-8-2-1-7(5-9(8)11)6-13-4-3-12/h1-2,5H,4,6H2. The number of hydrogen-bond acceptors (Lipinski definition) is 2. The minimum absolute atomic E-state index is 0.500. The Morgan fingerprint density at radius 3 is 2.69 bits per heavy atom. The Labute approximate surface area is 91.6 Å². The highest BCUT2D eigenvalue weighted by molar-refractivity contribution is 7.98. The van der Waals surface area contributed by atoms with E-state index in [1.165, 1.54) is 0 Å². The van der Waals surface area contributed by atoms with Gasteiger partial charge in [-0.25, -0.2) is 0 Å². The lowest BCUT2D eigenvalue weighted by atomic mass is 10.2. The van der Waals surface area contributed by atoms with E-state index in [2.05, 4.69) is 6.07 Å². The summed E-state index contributed by atoms with van der Waals surface area (Å²) in [6.45, 7) is 0. The zero-order chi connectivity index (χ0) is 9.68. The molecule has 0 saturated heterocycles. The van der Waals surface area contributed by atoms with Crippen LogP contribution in [0.1, 0.15) is 5.56 Å². The van der Waals surface area contributed by atoms with Crippen LogP contribution < -0.4 is 0 Å². The number of halogens is 2. The maximum absolute atomic E-state index is 8.32. The van der Waals surface area contributed by atoms with Gasteiger partial charge in [-0.3, -0.25) is 0 Å². The van der Waals surface area contributed by atoms with E-state index >= 15 is 0 Å². The monoisotopic (exact) mass is 231 g/mol. The van der Waals surface area contributed by atoms with Gasteiger partial charge in [0.15, 0.2) is 0 Å². The van der Waals surface area contributed by atoms with Crippen molar-refractivity contribution < 1.29 is 0 Å². The van der Waals surface area contributed by atoms with Gasteiger partial charge in [0.2, 0.25) is 0 Å². The van der Waals surface area contributed by atoms with Crippen LogP contribution in [-0.2, 0) is 5.75 Å². The van der Waals surface area contributed by atoms with Gasteiger partial charge in [0, 0.05) is 5.75 Å². The van der Waals surface area contributed by atoms with Gasteiger partial charge in [0.1, 0.15) is 0 Å². The van der Waals surface area contributed by atoms with Gasteiger partial charge >= 0.3 is 0 Å². The van der Waals surface area contributed by atoms with Gasteiger partial charge < -0.3 is 0 Å². The fourth-order valence-corrected chi connectivity index (χ4v) is 1.77. The molecule has 0 aliphatic carbocycles. The third-order valence-electron chi connectivity index (χ3n) is 1.42. The normalized spacial score (nSPS) is 9.62. The zero-order valence-electron chi connectivity index (χ0n) is 6.76. The minimum Gasteiger partial charge on any atom is -0.197 e. The van der Waals surface area contributed by atoms with Gasteiger partial charge in [0.05, 0.1) is 21.9 Å². The highest BCUT2D eigenvalue weighted by atomic mass is 35.5. The van der Waals surface area contributed by atoms with Crippen molar-refractivity contribution in [2.45, 2.75) is 5.75 Å². The molecule has 4 heteroatoms. The van der Waals surface area contributed by atoms with Crippen LogP contribution in [0, 0.1) is 11.3 Å². The molecule has 0 N–H and O–H groups in total. The first kappa shape index (κ1) is 10.7. The molecule has 0 aliphatic heterocycles. The van der Waals surface area contributed by atoms with E-state index in [4.69, 9.17) is 28.5 Å². The Hall–Kier alpha value is -0.360. The third-order valence-corrected chi connectivity index (χ3v) is 3.03. The number of rotatable bonds is 3. The fourth-order valence-electron chi connectivity index (χ4n) is 0.844. The molecule has 0 fully saturated rings. The van der Waals surface area contributed by atoms with E-state index in [9.17, 15) is 0 Å². The summed E-state index contributed by atoms with van der Waals surface area (Å²) in [5.74, 6) is 1.30.